The summed E-state index contributed by atoms with van der Waals surface area (Å²) in [5.74, 6) is -0.0700. The van der Waals surface area contributed by atoms with Gasteiger partial charge in [-0.1, -0.05) is 34.1 Å². The predicted molar refractivity (Wildman–Crippen MR) is 125 cm³/mol. The summed E-state index contributed by atoms with van der Waals surface area (Å²) in [6, 6.07) is 1.49. The van der Waals surface area contributed by atoms with E-state index in [-0.39, 0.29) is 36.6 Å². The molecule has 3 aliphatic rings. The largest absolute Gasteiger partial charge is 0.417 e. The summed E-state index contributed by atoms with van der Waals surface area (Å²) in [6.45, 7) is 10.1. The molecule has 2 aliphatic heterocycles. The average molecular weight is 488 g/mol. The minimum absolute atomic E-state index is 0.0266. The first-order chi connectivity index (χ1) is 16.3. The van der Waals surface area contributed by atoms with Crippen molar-refractivity contribution in [2.24, 2.45) is 5.92 Å². The number of fused-ring (bicyclic) bond motifs is 1. The van der Waals surface area contributed by atoms with E-state index in [0.29, 0.717) is 37.4 Å². The first-order valence-corrected chi connectivity index (χ1v) is 12.5. The van der Waals surface area contributed by atoms with Gasteiger partial charge in [-0.15, -0.1) is 0 Å². The maximum absolute atomic E-state index is 13.0. The lowest BCUT2D eigenvalue weighted by atomic mass is 10.00. The number of nitrogens with zero attached hydrogens (tertiary/aromatic N) is 2. The molecule has 3 heterocycles. The fraction of sp³-hybridized carbons (Fsp3) is 0.760. The zero-order valence-corrected chi connectivity index (χ0v) is 21.1. The van der Waals surface area contributed by atoms with Gasteiger partial charge in [-0.2, -0.15) is 13.2 Å². The van der Waals surface area contributed by atoms with Crippen LogP contribution in [0.3, 0.4) is 0 Å². The van der Waals surface area contributed by atoms with Gasteiger partial charge in [0.1, 0.15) is 0 Å². The minimum atomic E-state index is -4.43. The summed E-state index contributed by atoms with van der Waals surface area (Å²) in [5, 5.41) is 3.55. The highest BCUT2D eigenvalue weighted by Gasteiger charge is 2.38. The zero-order chi connectivity index (χ0) is 25.3. The van der Waals surface area contributed by atoms with Gasteiger partial charge in [-0.05, 0) is 30.9 Å². The van der Waals surface area contributed by atoms with Crippen molar-refractivity contribution in [1.82, 2.24) is 15.2 Å². The topological polar surface area (TPSA) is 63.7 Å². The second kappa shape index (κ2) is 13.4. The molecular formula is C25H40F3N3O3. The van der Waals surface area contributed by atoms with Crippen LogP contribution in [0.15, 0.2) is 12.3 Å². The number of hydrogen-bond acceptors (Lipinski definition) is 5. The molecule has 0 bridgehead atoms. The van der Waals surface area contributed by atoms with Crippen LogP contribution in [0.4, 0.5) is 13.2 Å². The Hall–Kier alpha value is -1.71. The lowest BCUT2D eigenvalue weighted by Crippen LogP contribution is -2.45. The maximum atomic E-state index is 13.0. The molecule has 1 aromatic rings. The summed E-state index contributed by atoms with van der Waals surface area (Å²) >= 11 is 0. The van der Waals surface area contributed by atoms with Crippen molar-refractivity contribution in [3.8, 4) is 0 Å². The van der Waals surface area contributed by atoms with E-state index in [2.05, 4.69) is 24.1 Å². The standard InChI is InChI=1S/C20H26F3N3O3.C3H8.C2H6/c1-28-18-11-29-10-17(18)25-15-3-2-12(7-15)19(27)26-5-4-16-13(9-26)6-14(8-24-16)20(21,22)23;1-3-2;1-2/h6,8,12,15,17-18,25H,2-5,7,9-11H2,1H3;3H2,1-2H3;1-2H3. The molecule has 1 aromatic heterocycles. The van der Waals surface area contributed by atoms with Crippen LogP contribution in [0.5, 0.6) is 0 Å². The van der Waals surface area contributed by atoms with E-state index in [1.807, 2.05) is 13.8 Å². The molecule has 2 fully saturated rings. The Balaban J connectivity index is 0.000000758. The van der Waals surface area contributed by atoms with Gasteiger partial charge in [-0.3, -0.25) is 9.78 Å². The number of hydrogen-bond donors (Lipinski definition) is 1. The van der Waals surface area contributed by atoms with E-state index in [1.165, 1.54) is 6.42 Å². The quantitative estimate of drug-likeness (QED) is 0.673. The van der Waals surface area contributed by atoms with E-state index >= 15 is 0 Å². The van der Waals surface area contributed by atoms with Crippen molar-refractivity contribution in [1.29, 1.82) is 0 Å². The molecule has 34 heavy (non-hydrogen) atoms. The predicted octanol–water partition coefficient (Wildman–Crippen LogP) is 4.60. The molecule has 6 nitrogen and oxygen atoms in total. The zero-order valence-electron chi connectivity index (χ0n) is 21.1. The van der Waals surface area contributed by atoms with Crippen molar-refractivity contribution >= 4 is 5.91 Å². The van der Waals surface area contributed by atoms with Crippen LogP contribution >= 0.6 is 0 Å². The first-order valence-electron chi connectivity index (χ1n) is 12.5. The number of halogens is 3. The number of amides is 1. The summed E-state index contributed by atoms with van der Waals surface area (Å²) in [6.07, 6.45) is 0.628. The molecule has 4 rings (SSSR count). The number of aromatic nitrogens is 1. The fourth-order valence-corrected chi connectivity index (χ4v) is 4.61. The summed E-state index contributed by atoms with van der Waals surface area (Å²) in [7, 11) is 1.67. The Labute approximate surface area is 201 Å². The van der Waals surface area contributed by atoms with Gasteiger partial charge < -0.3 is 19.7 Å². The number of carbonyl (C=O) groups is 1. The monoisotopic (exact) mass is 487 g/mol. The van der Waals surface area contributed by atoms with E-state index < -0.39 is 11.7 Å². The summed E-state index contributed by atoms with van der Waals surface area (Å²) in [4.78, 5) is 18.7. The Bertz CT molecular complexity index is 776. The molecule has 1 amide bonds. The van der Waals surface area contributed by atoms with Crippen LogP contribution in [0.2, 0.25) is 0 Å². The molecule has 4 atom stereocenters. The molecule has 1 aliphatic carbocycles. The number of nitrogens with one attached hydrogen (secondary N) is 1. The average Bonchev–Trinajstić information content (AvgIpc) is 3.49. The highest BCUT2D eigenvalue weighted by Crippen LogP contribution is 2.33. The maximum Gasteiger partial charge on any atom is 0.417 e. The normalized spacial score (nSPS) is 26.2. The van der Waals surface area contributed by atoms with E-state index in [0.717, 1.165) is 31.5 Å². The van der Waals surface area contributed by atoms with Crippen molar-refractivity contribution in [2.45, 2.75) is 90.7 Å². The van der Waals surface area contributed by atoms with Crippen molar-refractivity contribution in [3.05, 3.63) is 29.1 Å². The Morgan fingerprint density at radius 2 is 1.97 bits per heavy atom. The molecule has 194 valence electrons. The molecular weight excluding hydrogens is 447 g/mol. The number of carbonyl (C=O) groups excluding carboxylic acids is 1. The highest BCUT2D eigenvalue weighted by molar-refractivity contribution is 5.79. The van der Waals surface area contributed by atoms with Gasteiger partial charge in [0, 0.05) is 50.5 Å². The molecule has 0 spiro atoms. The van der Waals surface area contributed by atoms with Gasteiger partial charge in [0.05, 0.1) is 30.9 Å². The van der Waals surface area contributed by atoms with Crippen LogP contribution in [-0.4, -0.2) is 60.8 Å². The van der Waals surface area contributed by atoms with Gasteiger partial charge in [0.25, 0.3) is 0 Å². The summed E-state index contributed by atoms with van der Waals surface area (Å²) in [5.41, 5.74) is 0.389. The van der Waals surface area contributed by atoms with Crippen molar-refractivity contribution in [2.75, 3.05) is 26.9 Å². The summed E-state index contributed by atoms with van der Waals surface area (Å²) < 4.78 is 49.8. The van der Waals surface area contributed by atoms with Crippen LogP contribution in [0, 0.1) is 5.92 Å². The van der Waals surface area contributed by atoms with Gasteiger partial charge in [-0.25, -0.2) is 0 Å². The van der Waals surface area contributed by atoms with Gasteiger partial charge in [0.15, 0.2) is 0 Å². The molecule has 4 unspecified atom stereocenters. The molecule has 1 N–H and O–H groups in total. The molecule has 0 radical (unpaired) electrons. The number of pyridine rings is 1. The molecule has 1 saturated heterocycles. The fourth-order valence-electron chi connectivity index (χ4n) is 4.61. The third kappa shape index (κ3) is 7.39. The SMILES string of the molecule is CC.CCC.COC1COCC1NC1CCC(C(=O)N2CCc3ncc(C(F)(F)F)cc3C2)C1. The lowest BCUT2D eigenvalue weighted by Gasteiger charge is -2.31. The smallest absolute Gasteiger partial charge is 0.377 e. The third-order valence-electron chi connectivity index (χ3n) is 6.24. The number of ether oxygens (including phenoxy) is 2. The van der Waals surface area contributed by atoms with Crippen LogP contribution in [0.25, 0.3) is 0 Å². The third-order valence-corrected chi connectivity index (χ3v) is 6.24. The Morgan fingerprint density at radius 1 is 1.26 bits per heavy atom. The van der Waals surface area contributed by atoms with Crippen LogP contribution < -0.4 is 5.32 Å². The van der Waals surface area contributed by atoms with E-state index in [9.17, 15) is 18.0 Å². The number of alkyl halides is 3. The van der Waals surface area contributed by atoms with Crippen molar-refractivity contribution in [3.63, 3.8) is 0 Å². The van der Waals surface area contributed by atoms with Crippen LogP contribution in [0.1, 0.15) is 70.2 Å². The molecule has 9 heteroatoms. The minimum Gasteiger partial charge on any atom is -0.377 e. The Kier molecular flexibility index (Phi) is 11.2. The second-order valence-corrected chi connectivity index (χ2v) is 8.84. The van der Waals surface area contributed by atoms with Gasteiger partial charge >= 0.3 is 6.18 Å². The Morgan fingerprint density at radius 3 is 2.62 bits per heavy atom. The number of methoxy groups -OCH3 is 1. The first kappa shape index (κ1) is 28.5. The van der Waals surface area contributed by atoms with Crippen LogP contribution in [-0.2, 0) is 33.4 Å². The van der Waals surface area contributed by atoms with E-state index in [1.54, 1.807) is 12.0 Å². The highest BCUT2D eigenvalue weighted by atomic mass is 19.4. The molecule has 1 saturated carbocycles. The van der Waals surface area contributed by atoms with Crippen molar-refractivity contribution < 1.29 is 27.4 Å². The molecule has 0 aromatic carbocycles. The lowest BCUT2D eigenvalue weighted by molar-refractivity contribution is -0.137. The van der Waals surface area contributed by atoms with E-state index in [4.69, 9.17) is 9.47 Å². The number of rotatable bonds is 4. The second-order valence-electron chi connectivity index (χ2n) is 8.84. The van der Waals surface area contributed by atoms with Gasteiger partial charge in [0.2, 0.25) is 5.91 Å².